The largest absolute Gasteiger partial charge is 0.401 e. The van der Waals surface area contributed by atoms with Gasteiger partial charge in [0, 0.05) is 11.9 Å². The molecule has 78 valence electrons. The summed E-state index contributed by atoms with van der Waals surface area (Å²) in [5, 5.41) is 1.70. The van der Waals surface area contributed by atoms with Crippen molar-refractivity contribution in [1.82, 2.24) is 5.01 Å². The van der Waals surface area contributed by atoms with Gasteiger partial charge in [-0.3, -0.25) is 0 Å². The van der Waals surface area contributed by atoms with Crippen molar-refractivity contribution < 1.29 is 0 Å². The summed E-state index contributed by atoms with van der Waals surface area (Å²) < 4.78 is 0. The minimum Gasteiger partial charge on any atom is -0.401 e. The van der Waals surface area contributed by atoms with Gasteiger partial charge < -0.3 is 10.7 Å². The van der Waals surface area contributed by atoms with Gasteiger partial charge >= 0.3 is 0 Å². The predicted octanol–water partition coefficient (Wildman–Crippen LogP) is 1.81. The summed E-state index contributed by atoms with van der Waals surface area (Å²) in [5.41, 5.74) is 6.26. The molecule has 0 rings (SSSR count). The molecule has 0 fully saturated rings. The quantitative estimate of drug-likeness (QED) is 0.519. The molecule has 0 aliphatic rings. The Morgan fingerprint density at radius 3 is 2.23 bits per heavy atom. The van der Waals surface area contributed by atoms with Crippen molar-refractivity contribution >= 4 is 0 Å². The number of hydrogen-bond donors (Lipinski definition) is 2. The molecule has 0 amide bonds. The summed E-state index contributed by atoms with van der Waals surface area (Å²) in [4.78, 5) is 0. The fourth-order valence-electron chi connectivity index (χ4n) is 1.50. The molecular formula is C10H23N3. The standard InChI is InChI=1S/C10H23N3/c1-8(2)6-10(4,5)13(12)7-9(3)11/h7-8H,6,11-12H2,1-5H3/b9-7-. The molecule has 0 aromatic heterocycles. The molecule has 3 nitrogen and oxygen atoms in total. The highest BCUT2D eigenvalue weighted by Gasteiger charge is 2.23. The third kappa shape index (κ3) is 4.78. The zero-order valence-corrected chi connectivity index (χ0v) is 9.46. The van der Waals surface area contributed by atoms with Crippen LogP contribution < -0.4 is 11.6 Å². The molecule has 0 radical (unpaired) electrons. The van der Waals surface area contributed by atoms with Crippen LogP contribution in [-0.4, -0.2) is 10.5 Å². The molecule has 0 atom stereocenters. The second-order valence-electron chi connectivity index (χ2n) is 4.69. The van der Waals surface area contributed by atoms with Crippen LogP contribution in [0.3, 0.4) is 0 Å². The van der Waals surface area contributed by atoms with Crippen molar-refractivity contribution in [2.24, 2.45) is 17.5 Å². The molecule has 0 heterocycles. The van der Waals surface area contributed by atoms with E-state index in [9.17, 15) is 0 Å². The van der Waals surface area contributed by atoms with E-state index in [0.29, 0.717) is 5.92 Å². The summed E-state index contributed by atoms with van der Waals surface area (Å²) in [6.07, 6.45) is 2.83. The van der Waals surface area contributed by atoms with Crippen molar-refractivity contribution in [3.05, 3.63) is 11.9 Å². The van der Waals surface area contributed by atoms with Gasteiger partial charge in [0.1, 0.15) is 0 Å². The van der Waals surface area contributed by atoms with Crippen LogP contribution in [0.4, 0.5) is 0 Å². The lowest BCUT2D eigenvalue weighted by Gasteiger charge is -2.35. The Labute approximate surface area is 81.7 Å². The third-order valence-corrected chi connectivity index (χ3v) is 1.95. The Bertz CT molecular complexity index is 179. The van der Waals surface area contributed by atoms with E-state index >= 15 is 0 Å². The minimum atomic E-state index is -0.0329. The molecule has 0 saturated carbocycles. The van der Waals surface area contributed by atoms with E-state index in [2.05, 4.69) is 27.7 Å². The van der Waals surface area contributed by atoms with E-state index in [1.54, 1.807) is 11.2 Å². The fourth-order valence-corrected chi connectivity index (χ4v) is 1.50. The van der Waals surface area contributed by atoms with Gasteiger partial charge in [0.15, 0.2) is 0 Å². The predicted molar refractivity (Wildman–Crippen MR) is 57.5 cm³/mol. The normalized spacial score (nSPS) is 13.6. The third-order valence-electron chi connectivity index (χ3n) is 1.95. The topological polar surface area (TPSA) is 55.3 Å². The molecule has 0 saturated heterocycles. The Morgan fingerprint density at radius 1 is 1.46 bits per heavy atom. The van der Waals surface area contributed by atoms with Gasteiger partial charge in [0.25, 0.3) is 0 Å². The number of rotatable bonds is 4. The van der Waals surface area contributed by atoms with Crippen LogP contribution in [-0.2, 0) is 0 Å². The molecule has 0 aliphatic heterocycles. The van der Waals surface area contributed by atoms with Gasteiger partial charge in [-0.05, 0) is 33.1 Å². The first-order valence-corrected chi connectivity index (χ1v) is 4.73. The van der Waals surface area contributed by atoms with Crippen molar-refractivity contribution in [2.45, 2.75) is 46.6 Å². The average Bonchev–Trinajstić information content (AvgIpc) is 1.81. The lowest BCUT2D eigenvalue weighted by atomic mass is 9.92. The molecule has 0 unspecified atom stereocenters. The lowest BCUT2D eigenvalue weighted by Crippen LogP contribution is -2.46. The maximum Gasteiger partial charge on any atom is 0.0501 e. The van der Waals surface area contributed by atoms with Crippen LogP contribution in [0.15, 0.2) is 11.9 Å². The second kappa shape index (κ2) is 4.51. The summed E-state index contributed by atoms with van der Waals surface area (Å²) in [7, 11) is 0. The first kappa shape index (κ1) is 12.3. The van der Waals surface area contributed by atoms with Gasteiger partial charge in [0.2, 0.25) is 0 Å². The Kier molecular flexibility index (Phi) is 4.27. The molecule has 0 aromatic rings. The molecule has 0 bridgehead atoms. The van der Waals surface area contributed by atoms with Gasteiger partial charge in [0.05, 0.1) is 5.54 Å². The zero-order valence-electron chi connectivity index (χ0n) is 9.46. The van der Waals surface area contributed by atoms with E-state index in [1.165, 1.54) is 0 Å². The van der Waals surface area contributed by atoms with Gasteiger partial charge in [-0.2, -0.15) is 0 Å². The SMILES string of the molecule is C/C(N)=C/N(N)C(C)(C)CC(C)C. The van der Waals surface area contributed by atoms with E-state index in [4.69, 9.17) is 11.6 Å². The average molecular weight is 185 g/mol. The van der Waals surface area contributed by atoms with Crippen molar-refractivity contribution in [3.63, 3.8) is 0 Å². The molecule has 0 aliphatic carbocycles. The maximum atomic E-state index is 5.88. The van der Waals surface area contributed by atoms with Gasteiger partial charge in [-0.25, -0.2) is 5.84 Å². The Morgan fingerprint density at radius 2 is 1.92 bits per heavy atom. The first-order valence-electron chi connectivity index (χ1n) is 4.73. The van der Waals surface area contributed by atoms with Crippen molar-refractivity contribution in [3.8, 4) is 0 Å². The van der Waals surface area contributed by atoms with Gasteiger partial charge in [-0.1, -0.05) is 13.8 Å². The molecule has 0 spiro atoms. The molecular weight excluding hydrogens is 162 g/mol. The summed E-state index contributed by atoms with van der Waals surface area (Å²) in [5.74, 6) is 6.51. The van der Waals surface area contributed by atoms with Gasteiger partial charge in [-0.15, -0.1) is 0 Å². The lowest BCUT2D eigenvalue weighted by molar-refractivity contribution is 0.155. The van der Waals surface area contributed by atoms with E-state index < -0.39 is 0 Å². The van der Waals surface area contributed by atoms with Crippen LogP contribution >= 0.6 is 0 Å². The Balaban J connectivity index is 4.35. The smallest absolute Gasteiger partial charge is 0.0501 e. The van der Waals surface area contributed by atoms with Crippen LogP contribution in [0.5, 0.6) is 0 Å². The summed E-state index contributed by atoms with van der Waals surface area (Å²) in [6.45, 7) is 10.5. The highest BCUT2D eigenvalue weighted by Crippen LogP contribution is 2.21. The van der Waals surface area contributed by atoms with Crippen LogP contribution in [0.2, 0.25) is 0 Å². The van der Waals surface area contributed by atoms with E-state index in [-0.39, 0.29) is 5.54 Å². The first-order chi connectivity index (χ1) is 5.75. The van der Waals surface area contributed by atoms with E-state index in [0.717, 1.165) is 12.1 Å². The van der Waals surface area contributed by atoms with Crippen LogP contribution in [0.1, 0.15) is 41.0 Å². The van der Waals surface area contributed by atoms with Crippen molar-refractivity contribution in [2.75, 3.05) is 0 Å². The fraction of sp³-hybridized carbons (Fsp3) is 0.800. The summed E-state index contributed by atoms with van der Waals surface area (Å²) >= 11 is 0. The van der Waals surface area contributed by atoms with E-state index in [1.807, 2.05) is 6.92 Å². The molecule has 0 aromatic carbocycles. The monoisotopic (exact) mass is 185 g/mol. The molecule has 3 heteroatoms. The number of hydrazine groups is 1. The van der Waals surface area contributed by atoms with Crippen LogP contribution in [0.25, 0.3) is 0 Å². The Hall–Kier alpha value is -0.700. The highest BCUT2D eigenvalue weighted by atomic mass is 15.4. The second-order valence-corrected chi connectivity index (χ2v) is 4.69. The number of hydrogen-bond acceptors (Lipinski definition) is 3. The minimum absolute atomic E-state index is 0.0329. The molecule has 13 heavy (non-hydrogen) atoms. The number of nitrogens with two attached hydrogens (primary N) is 2. The summed E-state index contributed by atoms with van der Waals surface area (Å²) in [6, 6.07) is 0. The maximum absolute atomic E-state index is 5.88. The molecule has 4 N–H and O–H groups in total. The van der Waals surface area contributed by atoms with Crippen LogP contribution in [0, 0.1) is 5.92 Å². The van der Waals surface area contributed by atoms with Crippen molar-refractivity contribution in [1.29, 1.82) is 0 Å². The number of nitrogens with zero attached hydrogens (tertiary/aromatic N) is 1. The zero-order chi connectivity index (χ0) is 10.6. The highest BCUT2D eigenvalue weighted by molar-refractivity contribution is 4.95. The number of allylic oxidation sites excluding steroid dienone is 1.